The summed E-state index contributed by atoms with van der Waals surface area (Å²) in [6.07, 6.45) is 0. The lowest BCUT2D eigenvalue weighted by Crippen LogP contribution is -2.07. The van der Waals surface area contributed by atoms with Crippen LogP contribution in [-0.4, -0.2) is 19.7 Å². The fourth-order valence-corrected chi connectivity index (χ4v) is 1.39. The molecule has 0 saturated carbocycles. The molecule has 0 amide bonds. The number of carbonyl (C=O) groups excluding carboxylic acids is 1. The number of hydrogen-bond donors (Lipinski definition) is 0. The number of benzene rings is 1. The van der Waals surface area contributed by atoms with E-state index in [-0.39, 0.29) is 21.9 Å². The Balaban J connectivity index is 3.13. The Hall–Kier alpha value is -1.36. The lowest BCUT2D eigenvalue weighted by molar-refractivity contribution is -0.0502. The minimum Gasteiger partial charge on any atom is -0.465 e. The largest absolute Gasteiger partial charge is 0.465 e. The molecule has 0 bridgehead atoms. The summed E-state index contributed by atoms with van der Waals surface area (Å²) in [5, 5.41) is 0.0463. The van der Waals surface area contributed by atoms with Gasteiger partial charge in [-0.1, -0.05) is 11.6 Å². The summed E-state index contributed by atoms with van der Waals surface area (Å²) in [5.74, 6) is -0.690. The van der Waals surface area contributed by atoms with Crippen LogP contribution in [-0.2, 0) is 4.74 Å². The predicted octanol–water partition coefficient (Wildman–Crippen LogP) is 3.04. The normalized spacial score (nSPS) is 10.4. The summed E-state index contributed by atoms with van der Waals surface area (Å²) in [6, 6.07) is 2.53. The van der Waals surface area contributed by atoms with Gasteiger partial charge >= 0.3 is 12.6 Å². The van der Waals surface area contributed by atoms with E-state index in [9.17, 15) is 13.6 Å². The third-order valence-corrected chi connectivity index (χ3v) is 2.45. The van der Waals surface area contributed by atoms with Gasteiger partial charge in [0.25, 0.3) is 0 Å². The van der Waals surface area contributed by atoms with Crippen LogP contribution in [0.3, 0.4) is 0 Å². The second-order valence-electron chi connectivity index (χ2n) is 2.92. The molecule has 6 heteroatoms. The number of carbonyl (C=O) groups is 1. The Labute approximate surface area is 95.9 Å². The summed E-state index contributed by atoms with van der Waals surface area (Å²) in [7, 11) is 1.21. The van der Waals surface area contributed by atoms with Gasteiger partial charge in [-0.3, -0.25) is 0 Å². The fraction of sp³-hybridized carbons (Fsp3) is 0.300. The number of alkyl halides is 2. The number of esters is 1. The molecule has 0 aliphatic heterocycles. The SMILES string of the molecule is COC(=O)c1ccc(OC(F)F)c(C)c1Cl. The molecule has 0 N–H and O–H groups in total. The highest BCUT2D eigenvalue weighted by Crippen LogP contribution is 2.30. The molecule has 16 heavy (non-hydrogen) atoms. The molecule has 0 fully saturated rings. The molecule has 3 nitrogen and oxygen atoms in total. The van der Waals surface area contributed by atoms with Crippen LogP contribution in [0.1, 0.15) is 15.9 Å². The summed E-state index contributed by atoms with van der Waals surface area (Å²) in [4.78, 5) is 11.2. The molecule has 0 spiro atoms. The molecule has 0 saturated heterocycles. The van der Waals surface area contributed by atoms with Crippen LogP contribution in [0.15, 0.2) is 12.1 Å². The molecule has 0 aromatic heterocycles. The van der Waals surface area contributed by atoms with Gasteiger partial charge in [0.1, 0.15) is 5.75 Å². The first-order valence-corrected chi connectivity index (χ1v) is 4.67. The van der Waals surface area contributed by atoms with Crippen LogP contribution in [0, 0.1) is 6.92 Å². The van der Waals surface area contributed by atoms with Crippen molar-refractivity contribution < 1.29 is 23.0 Å². The van der Waals surface area contributed by atoms with Crippen molar-refractivity contribution in [1.82, 2.24) is 0 Å². The second kappa shape index (κ2) is 5.12. The van der Waals surface area contributed by atoms with E-state index in [2.05, 4.69) is 9.47 Å². The fourth-order valence-electron chi connectivity index (χ4n) is 1.16. The molecule has 0 heterocycles. The summed E-state index contributed by atoms with van der Waals surface area (Å²) >= 11 is 5.83. The monoisotopic (exact) mass is 250 g/mol. The third kappa shape index (κ3) is 2.61. The van der Waals surface area contributed by atoms with Crippen LogP contribution in [0.5, 0.6) is 5.75 Å². The van der Waals surface area contributed by atoms with E-state index in [0.717, 1.165) is 0 Å². The van der Waals surface area contributed by atoms with Crippen molar-refractivity contribution >= 4 is 17.6 Å². The Morgan fingerprint density at radius 2 is 2.06 bits per heavy atom. The number of methoxy groups -OCH3 is 1. The van der Waals surface area contributed by atoms with E-state index in [0.29, 0.717) is 0 Å². The molecule has 1 aromatic carbocycles. The first kappa shape index (κ1) is 12.7. The molecule has 1 rings (SSSR count). The highest BCUT2D eigenvalue weighted by atomic mass is 35.5. The van der Waals surface area contributed by atoms with E-state index < -0.39 is 12.6 Å². The lowest BCUT2D eigenvalue weighted by Gasteiger charge is -2.11. The Kier molecular flexibility index (Phi) is 4.06. The summed E-state index contributed by atoms with van der Waals surface area (Å²) in [6.45, 7) is -1.45. The zero-order valence-electron chi connectivity index (χ0n) is 8.59. The maximum atomic E-state index is 12.0. The molecular formula is C10H9ClF2O3. The van der Waals surface area contributed by atoms with Gasteiger partial charge in [-0.2, -0.15) is 8.78 Å². The van der Waals surface area contributed by atoms with Gasteiger partial charge in [-0.25, -0.2) is 4.79 Å². The number of rotatable bonds is 3. The zero-order chi connectivity index (χ0) is 12.3. The standard InChI is InChI=1S/C10H9ClF2O3/c1-5-7(16-10(12)13)4-3-6(8(5)11)9(14)15-2/h3-4,10H,1-2H3. The van der Waals surface area contributed by atoms with Crippen molar-refractivity contribution in [3.05, 3.63) is 28.3 Å². The van der Waals surface area contributed by atoms with Crippen molar-refractivity contribution in [1.29, 1.82) is 0 Å². The molecule has 0 atom stereocenters. The van der Waals surface area contributed by atoms with Crippen molar-refractivity contribution in [3.8, 4) is 5.75 Å². The number of halogens is 3. The molecule has 88 valence electrons. The molecule has 0 unspecified atom stereocenters. The van der Waals surface area contributed by atoms with Crippen LogP contribution in [0.25, 0.3) is 0 Å². The van der Waals surface area contributed by atoms with Crippen LogP contribution in [0.4, 0.5) is 8.78 Å². The van der Waals surface area contributed by atoms with E-state index in [1.165, 1.54) is 26.2 Å². The van der Waals surface area contributed by atoms with E-state index in [1.54, 1.807) is 0 Å². The Bertz CT molecular complexity index is 407. The highest BCUT2D eigenvalue weighted by molar-refractivity contribution is 6.34. The molecular weight excluding hydrogens is 242 g/mol. The van der Waals surface area contributed by atoms with Gasteiger partial charge in [0.2, 0.25) is 0 Å². The van der Waals surface area contributed by atoms with Gasteiger partial charge in [-0.05, 0) is 19.1 Å². The Morgan fingerprint density at radius 3 is 2.56 bits per heavy atom. The minimum atomic E-state index is -2.93. The van der Waals surface area contributed by atoms with E-state index in [4.69, 9.17) is 11.6 Å². The van der Waals surface area contributed by atoms with Crippen molar-refractivity contribution in [3.63, 3.8) is 0 Å². The lowest BCUT2D eigenvalue weighted by atomic mass is 10.1. The maximum absolute atomic E-state index is 12.0. The first-order valence-electron chi connectivity index (χ1n) is 4.29. The van der Waals surface area contributed by atoms with Crippen molar-refractivity contribution in [2.45, 2.75) is 13.5 Å². The average molecular weight is 251 g/mol. The van der Waals surface area contributed by atoms with Gasteiger partial charge in [0.05, 0.1) is 17.7 Å². The second-order valence-corrected chi connectivity index (χ2v) is 3.30. The van der Waals surface area contributed by atoms with Crippen LogP contribution < -0.4 is 4.74 Å². The number of hydrogen-bond acceptors (Lipinski definition) is 3. The van der Waals surface area contributed by atoms with E-state index >= 15 is 0 Å². The summed E-state index contributed by atoms with van der Waals surface area (Å²) in [5.41, 5.74) is 0.383. The number of ether oxygens (including phenoxy) is 2. The molecule has 0 aliphatic rings. The average Bonchev–Trinajstić information content (AvgIpc) is 2.23. The van der Waals surface area contributed by atoms with E-state index in [1.807, 2.05) is 0 Å². The van der Waals surface area contributed by atoms with Crippen molar-refractivity contribution in [2.75, 3.05) is 7.11 Å². The van der Waals surface area contributed by atoms with Gasteiger partial charge in [0, 0.05) is 5.56 Å². The van der Waals surface area contributed by atoms with Gasteiger partial charge < -0.3 is 9.47 Å². The minimum absolute atomic E-state index is 0.0463. The Morgan fingerprint density at radius 1 is 1.44 bits per heavy atom. The topological polar surface area (TPSA) is 35.5 Å². The smallest absolute Gasteiger partial charge is 0.387 e. The van der Waals surface area contributed by atoms with Crippen molar-refractivity contribution in [2.24, 2.45) is 0 Å². The third-order valence-electron chi connectivity index (χ3n) is 1.96. The summed E-state index contributed by atoms with van der Waals surface area (Å²) < 4.78 is 32.7. The maximum Gasteiger partial charge on any atom is 0.387 e. The molecule has 1 aromatic rings. The predicted molar refractivity (Wildman–Crippen MR) is 54.2 cm³/mol. The first-order chi connectivity index (χ1) is 7.47. The van der Waals surface area contributed by atoms with Crippen LogP contribution >= 0.6 is 11.6 Å². The molecule has 0 aliphatic carbocycles. The van der Waals surface area contributed by atoms with Gasteiger partial charge in [-0.15, -0.1) is 0 Å². The quantitative estimate of drug-likeness (QED) is 0.774. The highest BCUT2D eigenvalue weighted by Gasteiger charge is 2.17. The zero-order valence-corrected chi connectivity index (χ0v) is 9.35. The van der Waals surface area contributed by atoms with Gasteiger partial charge in [0.15, 0.2) is 0 Å². The van der Waals surface area contributed by atoms with Crippen LogP contribution in [0.2, 0.25) is 5.02 Å². The molecule has 0 radical (unpaired) electrons.